The first-order valence-corrected chi connectivity index (χ1v) is 4.35. The third-order valence-corrected chi connectivity index (χ3v) is 3.81. The molecule has 0 nitrogen and oxygen atoms in total. The predicted molar refractivity (Wildman–Crippen MR) is 42.2 cm³/mol. The van der Waals surface area contributed by atoms with E-state index in [1.807, 2.05) is 0 Å². The maximum atomic E-state index is 12.6. The van der Waals surface area contributed by atoms with Crippen molar-refractivity contribution in [2.75, 3.05) is 0 Å². The summed E-state index contributed by atoms with van der Waals surface area (Å²) in [5.74, 6) is 0. The van der Waals surface area contributed by atoms with E-state index in [1.54, 1.807) is 15.9 Å². The standard InChI is InChI=1S/C3Br2Cl2F4/c4-1(8,2(5,6)7)3(9,10)11. The van der Waals surface area contributed by atoms with Gasteiger partial charge < -0.3 is 0 Å². The highest BCUT2D eigenvalue weighted by Gasteiger charge is 2.65. The highest BCUT2D eigenvalue weighted by atomic mass is 79.9. The van der Waals surface area contributed by atoms with Gasteiger partial charge in [-0.2, -0.15) is 13.2 Å². The van der Waals surface area contributed by atoms with Crippen molar-refractivity contribution in [3.8, 4) is 0 Å². The van der Waals surface area contributed by atoms with E-state index in [-0.39, 0.29) is 0 Å². The lowest BCUT2D eigenvalue weighted by atomic mass is 10.4. The molecule has 1 unspecified atom stereocenters. The first-order valence-electron chi connectivity index (χ1n) is 2.01. The van der Waals surface area contributed by atoms with Gasteiger partial charge in [0.2, 0.25) is 3.24 Å². The Kier molecular flexibility index (Phi) is 3.56. The molecule has 0 heterocycles. The van der Waals surface area contributed by atoms with E-state index in [2.05, 4.69) is 15.9 Å². The van der Waals surface area contributed by atoms with E-state index in [4.69, 9.17) is 23.2 Å². The quantitative estimate of drug-likeness (QED) is 0.496. The second-order valence-electron chi connectivity index (χ2n) is 1.57. The average Bonchev–Trinajstić information content (AvgIpc) is 1.58. The van der Waals surface area contributed by atoms with E-state index in [1.165, 1.54) is 0 Å². The van der Waals surface area contributed by atoms with Crippen molar-refractivity contribution in [1.82, 2.24) is 0 Å². The highest BCUT2D eigenvalue weighted by Crippen LogP contribution is 2.55. The van der Waals surface area contributed by atoms with E-state index < -0.39 is 14.0 Å². The van der Waals surface area contributed by atoms with Crippen molar-refractivity contribution in [3.05, 3.63) is 0 Å². The number of rotatable bonds is 1. The van der Waals surface area contributed by atoms with Crippen LogP contribution >= 0.6 is 55.1 Å². The first-order chi connectivity index (χ1) is 4.50. The Balaban J connectivity index is 4.75. The molecule has 0 saturated carbocycles. The molecular weight excluding hydrogens is 343 g/mol. The minimum Gasteiger partial charge on any atom is -0.217 e. The molecule has 8 heteroatoms. The van der Waals surface area contributed by atoms with Crippen LogP contribution in [-0.4, -0.2) is 14.0 Å². The minimum absolute atomic E-state index is 1.72. The molecule has 0 aromatic rings. The summed E-state index contributed by atoms with van der Waals surface area (Å²) in [5, 5.41) is 0. The molecule has 0 radical (unpaired) electrons. The maximum absolute atomic E-state index is 12.6. The molecule has 0 fully saturated rings. The summed E-state index contributed by atoms with van der Waals surface area (Å²) >= 11 is 13.5. The molecule has 0 N–H and O–H groups in total. The van der Waals surface area contributed by atoms with Crippen LogP contribution in [0.2, 0.25) is 0 Å². The zero-order valence-electron chi connectivity index (χ0n) is 4.52. The molecule has 0 saturated heterocycles. The van der Waals surface area contributed by atoms with Crippen molar-refractivity contribution in [1.29, 1.82) is 0 Å². The van der Waals surface area contributed by atoms with Crippen LogP contribution in [0.25, 0.3) is 0 Å². The van der Waals surface area contributed by atoms with E-state index in [0.29, 0.717) is 0 Å². The summed E-state index contributed by atoms with van der Waals surface area (Å²) in [6.45, 7) is 0. The Morgan fingerprint density at radius 1 is 0.909 bits per heavy atom. The fourth-order valence-corrected chi connectivity index (χ4v) is 0.600. The monoisotopic (exact) mass is 340 g/mol. The number of alkyl halides is 8. The first kappa shape index (κ1) is 12.3. The summed E-state index contributed by atoms with van der Waals surface area (Å²) in [6.07, 6.45) is -5.18. The van der Waals surface area contributed by atoms with Gasteiger partial charge in [0.1, 0.15) is 0 Å². The third-order valence-electron chi connectivity index (χ3n) is 0.712. The Morgan fingerprint density at radius 3 is 1.18 bits per heavy atom. The van der Waals surface area contributed by atoms with Crippen molar-refractivity contribution in [3.63, 3.8) is 0 Å². The third kappa shape index (κ3) is 2.60. The summed E-state index contributed by atoms with van der Waals surface area (Å²) in [7, 11) is 0. The summed E-state index contributed by atoms with van der Waals surface area (Å²) in [6, 6.07) is 0. The van der Waals surface area contributed by atoms with Gasteiger partial charge in [-0.3, -0.25) is 0 Å². The number of halogens is 8. The fraction of sp³-hybridized carbons (Fsp3) is 1.00. The van der Waals surface area contributed by atoms with E-state index >= 15 is 0 Å². The average molecular weight is 343 g/mol. The molecule has 0 aliphatic carbocycles. The molecule has 0 aliphatic heterocycles. The summed E-state index contributed by atoms with van der Waals surface area (Å²) in [4.78, 5) is 0. The Hall–Kier alpha value is 1.26. The van der Waals surface area contributed by atoms with Gasteiger partial charge in [-0.25, -0.2) is 4.39 Å². The fourth-order valence-electron chi connectivity index (χ4n) is 0.161. The lowest BCUT2D eigenvalue weighted by Gasteiger charge is -2.28. The molecule has 1 atom stereocenters. The van der Waals surface area contributed by atoms with Gasteiger partial charge in [-0.1, -0.05) is 23.2 Å². The molecule has 0 aliphatic rings. The van der Waals surface area contributed by atoms with Crippen LogP contribution in [0.1, 0.15) is 0 Å². The molecule has 68 valence electrons. The van der Waals surface area contributed by atoms with Gasteiger partial charge in [0.25, 0.3) is 0 Å². The second-order valence-corrected chi connectivity index (χ2v) is 6.09. The number of hydrogen-bond acceptors (Lipinski definition) is 0. The largest absolute Gasteiger partial charge is 0.436 e. The SMILES string of the molecule is FC(F)(F)C(F)(Br)C(Cl)(Cl)Br. The molecule has 0 aromatic carbocycles. The van der Waals surface area contributed by atoms with Crippen LogP contribution < -0.4 is 0 Å². The van der Waals surface area contributed by atoms with Crippen LogP contribution in [0.4, 0.5) is 17.6 Å². The lowest BCUT2D eigenvalue weighted by Crippen LogP contribution is -2.45. The van der Waals surface area contributed by atoms with Crippen molar-refractivity contribution in [2.45, 2.75) is 14.0 Å². The van der Waals surface area contributed by atoms with Crippen molar-refractivity contribution >= 4 is 55.1 Å². The van der Waals surface area contributed by atoms with Crippen LogP contribution in [-0.2, 0) is 0 Å². The van der Waals surface area contributed by atoms with Crippen LogP contribution in [0.15, 0.2) is 0 Å². The summed E-state index contributed by atoms with van der Waals surface area (Å²) in [5.41, 5.74) is 0. The molecule has 0 bridgehead atoms. The van der Waals surface area contributed by atoms with Crippen LogP contribution in [0.5, 0.6) is 0 Å². The smallest absolute Gasteiger partial charge is 0.217 e. The van der Waals surface area contributed by atoms with Gasteiger partial charge >= 0.3 is 10.8 Å². The van der Waals surface area contributed by atoms with Crippen molar-refractivity contribution in [2.24, 2.45) is 0 Å². The summed E-state index contributed by atoms with van der Waals surface area (Å²) < 4.78 is 41.1. The molecule has 11 heavy (non-hydrogen) atoms. The highest BCUT2D eigenvalue weighted by molar-refractivity contribution is 9.13. The zero-order chi connectivity index (χ0) is 9.50. The van der Waals surface area contributed by atoms with Crippen molar-refractivity contribution < 1.29 is 17.6 Å². The molecule has 0 spiro atoms. The number of hydrogen-bond donors (Lipinski definition) is 0. The molecule has 0 rings (SSSR count). The van der Waals surface area contributed by atoms with Gasteiger partial charge in [-0.05, 0) is 31.9 Å². The maximum Gasteiger partial charge on any atom is 0.436 e. The van der Waals surface area contributed by atoms with Gasteiger partial charge in [0.05, 0.1) is 0 Å². The Morgan fingerprint density at radius 2 is 1.18 bits per heavy atom. The van der Waals surface area contributed by atoms with Gasteiger partial charge in [0, 0.05) is 0 Å². The lowest BCUT2D eigenvalue weighted by molar-refractivity contribution is -0.189. The predicted octanol–water partition coefficient (Wildman–Crippen LogP) is 4.14. The normalized spacial score (nSPS) is 19.6. The molecule has 0 aromatic heterocycles. The van der Waals surface area contributed by atoms with E-state index in [9.17, 15) is 17.6 Å². The Bertz CT molecular complexity index is 132. The Labute approximate surface area is 86.5 Å². The molecular formula is C3Br2Cl2F4. The van der Waals surface area contributed by atoms with Gasteiger partial charge in [-0.15, -0.1) is 0 Å². The molecule has 0 amide bonds. The van der Waals surface area contributed by atoms with E-state index in [0.717, 1.165) is 0 Å². The van der Waals surface area contributed by atoms with Crippen LogP contribution in [0, 0.1) is 0 Å². The minimum atomic E-state index is -5.18. The van der Waals surface area contributed by atoms with Crippen LogP contribution in [0.3, 0.4) is 0 Å². The topological polar surface area (TPSA) is 0 Å². The zero-order valence-corrected chi connectivity index (χ0v) is 9.21. The second kappa shape index (κ2) is 3.20. The van der Waals surface area contributed by atoms with Gasteiger partial charge in [0.15, 0.2) is 0 Å².